The van der Waals surface area contributed by atoms with Crippen molar-refractivity contribution < 1.29 is 0 Å². The van der Waals surface area contributed by atoms with Gasteiger partial charge in [0.2, 0.25) is 0 Å². The zero-order chi connectivity index (χ0) is 12.4. The van der Waals surface area contributed by atoms with Crippen molar-refractivity contribution >= 4 is 50.1 Å². The monoisotopic (exact) mass is 332 g/mol. The summed E-state index contributed by atoms with van der Waals surface area (Å²) >= 11 is 11.3. The van der Waals surface area contributed by atoms with E-state index in [1.807, 2.05) is 18.2 Å². The van der Waals surface area contributed by atoms with Gasteiger partial charge in [0.15, 0.2) is 5.17 Å². The number of hydrogen-bond donors (Lipinski definition) is 1. The smallest absolute Gasteiger partial charge is 0.161 e. The van der Waals surface area contributed by atoms with Crippen LogP contribution in [0.4, 0.5) is 5.69 Å². The molecule has 1 aliphatic heterocycles. The van der Waals surface area contributed by atoms with Crippen LogP contribution in [0.1, 0.15) is 20.3 Å². The molecule has 0 saturated heterocycles. The van der Waals surface area contributed by atoms with E-state index in [2.05, 4.69) is 40.1 Å². The lowest BCUT2D eigenvalue weighted by Crippen LogP contribution is -2.22. The molecular formula is C12H14BrClN2S. The van der Waals surface area contributed by atoms with Gasteiger partial charge in [0.1, 0.15) is 0 Å². The minimum absolute atomic E-state index is 0.381. The van der Waals surface area contributed by atoms with Crippen LogP contribution < -0.4 is 5.32 Å². The topological polar surface area (TPSA) is 24.4 Å². The second kappa shape index (κ2) is 5.63. The fraction of sp³-hybridized carbons (Fsp3) is 0.417. The van der Waals surface area contributed by atoms with Crippen molar-refractivity contribution in [2.24, 2.45) is 4.99 Å². The van der Waals surface area contributed by atoms with Gasteiger partial charge in [-0.3, -0.25) is 4.99 Å². The second-order valence-corrected chi connectivity index (χ2v) is 6.91. The number of rotatable bonds is 1. The summed E-state index contributed by atoms with van der Waals surface area (Å²) < 4.78 is 0.996. The maximum atomic E-state index is 5.98. The zero-order valence-electron chi connectivity index (χ0n) is 9.71. The lowest BCUT2D eigenvalue weighted by Gasteiger charge is -2.23. The number of anilines is 1. The summed E-state index contributed by atoms with van der Waals surface area (Å²) in [6, 6.07) is 6.08. The van der Waals surface area contributed by atoms with Gasteiger partial charge in [-0.05, 0) is 47.5 Å². The Kier molecular flexibility index (Phi) is 4.39. The average molecular weight is 334 g/mol. The lowest BCUT2D eigenvalue weighted by molar-refractivity contribution is 0.661. The van der Waals surface area contributed by atoms with Crippen LogP contribution in [-0.2, 0) is 0 Å². The van der Waals surface area contributed by atoms with E-state index in [0.29, 0.717) is 11.3 Å². The van der Waals surface area contributed by atoms with Crippen LogP contribution in [0, 0.1) is 0 Å². The summed E-state index contributed by atoms with van der Waals surface area (Å²) in [6.07, 6.45) is 1.13. The number of amidine groups is 1. The third-order valence-electron chi connectivity index (χ3n) is 2.49. The van der Waals surface area contributed by atoms with Crippen molar-refractivity contribution in [1.29, 1.82) is 0 Å². The molecule has 2 nitrogen and oxygen atoms in total. The van der Waals surface area contributed by atoms with Crippen LogP contribution in [0.3, 0.4) is 0 Å². The summed E-state index contributed by atoms with van der Waals surface area (Å²) in [5.41, 5.74) is 0.963. The van der Waals surface area contributed by atoms with E-state index < -0.39 is 0 Å². The molecule has 1 aromatic rings. The van der Waals surface area contributed by atoms with Gasteiger partial charge in [0.25, 0.3) is 0 Å². The Bertz CT molecular complexity index is 450. The summed E-state index contributed by atoms with van der Waals surface area (Å²) in [5, 5.41) is 5.62. The Morgan fingerprint density at radius 2 is 2.24 bits per heavy atom. The lowest BCUT2D eigenvalue weighted by atomic mass is 10.2. The first-order valence-corrected chi connectivity index (χ1v) is 7.56. The molecule has 0 bridgehead atoms. The minimum atomic E-state index is 0.381. The van der Waals surface area contributed by atoms with E-state index >= 15 is 0 Å². The van der Waals surface area contributed by atoms with E-state index in [0.717, 1.165) is 26.8 Å². The van der Waals surface area contributed by atoms with Crippen LogP contribution in [0.25, 0.3) is 0 Å². The van der Waals surface area contributed by atoms with Gasteiger partial charge >= 0.3 is 0 Å². The molecule has 17 heavy (non-hydrogen) atoms. The Morgan fingerprint density at radius 3 is 2.94 bits per heavy atom. The number of hydrogen-bond acceptors (Lipinski definition) is 3. The molecule has 0 aliphatic carbocycles. The summed E-state index contributed by atoms with van der Waals surface area (Å²) in [4.78, 5) is 4.60. The highest BCUT2D eigenvalue weighted by Gasteiger charge is 2.18. The number of nitrogens with one attached hydrogen (secondary N) is 1. The molecule has 92 valence electrons. The quantitative estimate of drug-likeness (QED) is 0.799. The molecule has 0 spiro atoms. The highest BCUT2D eigenvalue weighted by Crippen LogP contribution is 2.30. The molecule has 0 amide bonds. The van der Waals surface area contributed by atoms with E-state index in [4.69, 9.17) is 11.6 Å². The van der Waals surface area contributed by atoms with Crippen LogP contribution in [0.2, 0.25) is 5.02 Å². The maximum Gasteiger partial charge on any atom is 0.161 e. The molecule has 5 heteroatoms. The average Bonchev–Trinajstić information content (AvgIpc) is 2.22. The molecule has 2 rings (SSSR count). The van der Waals surface area contributed by atoms with Gasteiger partial charge in [-0.2, -0.15) is 0 Å². The molecule has 0 radical (unpaired) electrons. The van der Waals surface area contributed by atoms with Gasteiger partial charge < -0.3 is 5.32 Å². The predicted molar refractivity (Wildman–Crippen MR) is 81.3 cm³/mol. The molecule has 0 fully saturated rings. The number of thioether (sulfide) groups is 1. The number of aliphatic imine (C=N–C) groups is 1. The van der Waals surface area contributed by atoms with Crippen LogP contribution in [0.5, 0.6) is 0 Å². The molecule has 0 aromatic heterocycles. The van der Waals surface area contributed by atoms with Crippen molar-refractivity contribution in [2.75, 3.05) is 5.32 Å². The summed E-state index contributed by atoms with van der Waals surface area (Å²) in [6.45, 7) is 4.37. The van der Waals surface area contributed by atoms with Crippen molar-refractivity contribution in [2.45, 2.75) is 31.6 Å². The van der Waals surface area contributed by atoms with Gasteiger partial charge in [-0.1, -0.05) is 30.3 Å². The Morgan fingerprint density at radius 1 is 1.47 bits per heavy atom. The first kappa shape index (κ1) is 13.2. The van der Waals surface area contributed by atoms with Gasteiger partial charge in [0.05, 0.1) is 11.7 Å². The summed E-state index contributed by atoms with van der Waals surface area (Å²) in [5.74, 6) is 0. The Hall–Kier alpha value is -0.190. The first-order valence-electron chi connectivity index (χ1n) is 5.51. The molecule has 2 unspecified atom stereocenters. The molecule has 1 heterocycles. The number of benzene rings is 1. The Labute approximate surface area is 119 Å². The fourth-order valence-corrected chi connectivity index (χ4v) is 3.46. The maximum absolute atomic E-state index is 5.98. The molecule has 1 N–H and O–H groups in total. The number of nitrogens with zero attached hydrogens (tertiary/aromatic N) is 1. The molecule has 0 saturated carbocycles. The fourth-order valence-electron chi connectivity index (χ4n) is 1.77. The normalized spacial score (nSPS) is 24.4. The summed E-state index contributed by atoms with van der Waals surface area (Å²) in [7, 11) is 0. The minimum Gasteiger partial charge on any atom is -0.334 e. The third-order valence-corrected chi connectivity index (χ3v) is 4.45. The largest absolute Gasteiger partial charge is 0.334 e. The van der Waals surface area contributed by atoms with Crippen molar-refractivity contribution in [1.82, 2.24) is 0 Å². The van der Waals surface area contributed by atoms with E-state index in [1.165, 1.54) is 0 Å². The third kappa shape index (κ3) is 3.63. The molecule has 1 aliphatic rings. The zero-order valence-corrected chi connectivity index (χ0v) is 12.9. The second-order valence-electron chi connectivity index (χ2n) is 4.20. The van der Waals surface area contributed by atoms with Crippen LogP contribution >= 0.6 is 39.3 Å². The molecule has 2 atom stereocenters. The van der Waals surface area contributed by atoms with Crippen molar-refractivity contribution in [3.8, 4) is 0 Å². The van der Waals surface area contributed by atoms with Crippen molar-refractivity contribution in [3.05, 3.63) is 27.7 Å². The standard InChI is InChI=1S/C12H14BrClN2S/c1-7-5-8(2)17-12(15-7)16-11-6-9(14)3-4-10(11)13/h3-4,6-8H,5H2,1-2H3,(H,15,16). The van der Waals surface area contributed by atoms with E-state index in [9.17, 15) is 0 Å². The highest BCUT2D eigenvalue weighted by molar-refractivity contribution is 9.10. The van der Waals surface area contributed by atoms with E-state index in [1.54, 1.807) is 11.8 Å². The predicted octanol–water partition coefficient (Wildman–Crippen LogP) is 4.78. The number of halogens is 2. The SMILES string of the molecule is CC1CC(C)SC(Nc2cc(Cl)ccc2Br)=N1. The van der Waals surface area contributed by atoms with Crippen LogP contribution in [0.15, 0.2) is 27.7 Å². The molecule has 1 aromatic carbocycles. The van der Waals surface area contributed by atoms with Crippen LogP contribution in [-0.4, -0.2) is 16.5 Å². The van der Waals surface area contributed by atoms with E-state index in [-0.39, 0.29) is 0 Å². The van der Waals surface area contributed by atoms with Crippen molar-refractivity contribution in [3.63, 3.8) is 0 Å². The van der Waals surface area contributed by atoms with Gasteiger partial charge in [-0.25, -0.2) is 0 Å². The van der Waals surface area contributed by atoms with Gasteiger partial charge in [0, 0.05) is 14.7 Å². The first-order chi connectivity index (χ1) is 8.04. The van der Waals surface area contributed by atoms with Gasteiger partial charge in [-0.15, -0.1) is 0 Å². The Balaban J connectivity index is 2.18. The molecular weight excluding hydrogens is 320 g/mol. The highest BCUT2D eigenvalue weighted by atomic mass is 79.9.